The monoisotopic (exact) mass is 354 g/mol. The Labute approximate surface area is 149 Å². The minimum absolute atomic E-state index is 0.0766. The molecule has 2 aromatic heterocycles. The molecule has 1 aliphatic rings. The fraction of sp³-hybridized carbons (Fsp3) is 0.300. The van der Waals surface area contributed by atoms with E-state index in [9.17, 15) is 9.59 Å². The quantitative estimate of drug-likeness (QED) is 0.633. The van der Waals surface area contributed by atoms with Crippen molar-refractivity contribution in [3.63, 3.8) is 0 Å². The van der Waals surface area contributed by atoms with Gasteiger partial charge in [-0.15, -0.1) is 11.3 Å². The zero-order chi connectivity index (χ0) is 17.6. The maximum Gasteiger partial charge on any atom is 0.336 e. The number of fused-ring (bicyclic) bond motifs is 3. The van der Waals surface area contributed by atoms with Crippen molar-refractivity contribution in [2.45, 2.75) is 39.2 Å². The third-order valence-electron chi connectivity index (χ3n) is 4.56. The highest BCUT2D eigenvalue weighted by molar-refractivity contribution is 7.10. The Morgan fingerprint density at radius 2 is 2.12 bits per heavy atom. The highest BCUT2D eigenvalue weighted by Gasteiger charge is 2.32. The lowest BCUT2D eigenvalue weighted by molar-refractivity contribution is 0.0856. The molecule has 4 rings (SSSR count). The molecule has 5 heteroatoms. The van der Waals surface area contributed by atoms with E-state index in [-0.39, 0.29) is 17.5 Å². The summed E-state index contributed by atoms with van der Waals surface area (Å²) < 4.78 is 11.7. The Balaban J connectivity index is 1.99. The summed E-state index contributed by atoms with van der Waals surface area (Å²) in [6.07, 6.45) is 1.67. The standard InChI is InChI=1S/C20H18O4S/c1-3-5-12-9-17(22)23-15-8-11(2)18-13(21)10-14(16-6-4-7-25-16)24-20(18)19(12)15/h4,6-9,14H,3,5,10H2,1-2H3/t14-/m0/s1. The molecule has 0 saturated carbocycles. The predicted molar refractivity (Wildman–Crippen MR) is 97.9 cm³/mol. The number of thiophene rings is 1. The van der Waals surface area contributed by atoms with Crippen LogP contribution < -0.4 is 10.4 Å². The van der Waals surface area contributed by atoms with E-state index < -0.39 is 0 Å². The molecule has 0 fully saturated rings. The Morgan fingerprint density at radius 3 is 2.84 bits per heavy atom. The second-order valence-electron chi connectivity index (χ2n) is 6.36. The normalized spacial score (nSPS) is 16.7. The Morgan fingerprint density at radius 1 is 1.28 bits per heavy atom. The third kappa shape index (κ3) is 2.68. The number of ether oxygens (including phenoxy) is 1. The molecule has 3 heterocycles. The number of aryl methyl sites for hydroxylation is 2. The maximum absolute atomic E-state index is 12.8. The average molecular weight is 354 g/mol. The third-order valence-corrected chi connectivity index (χ3v) is 5.52. The number of benzene rings is 1. The van der Waals surface area contributed by atoms with E-state index >= 15 is 0 Å². The van der Waals surface area contributed by atoms with Gasteiger partial charge in [-0.05, 0) is 42.0 Å². The fourth-order valence-electron chi connectivity index (χ4n) is 3.51. The molecule has 0 N–H and O–H groups in total. The van der Waals surface area contributed by atoms with E-state index in [1.807, 2.05) is 24.4 Å². The van der Waals surface area contributed by atoms with Crippen molar-refractivity contribution in [2.75, 3.05) is 0 Å². The number of hydrogen-bond acceptors (Lipinski definition) is 5. The molecular formula is C20H18O4S. The van der Waals surface area contributed by atoms with Crippen molar-refractivity contribution in [1.29, 1.82) is 0 Å². The average Bonchev–Trinajstić information content (AvgIpc) is 3.08. The minimum atomic E-state index is -0.368. The summed E-state index contributed by atoms with van der Waals surface area (Å²) in [4.78, 5) is 25.8. The lowest BCUT2D eigenvalue weighted by Gasteiger charge is -2.27. The lowest BCUT2D eigenvalue weighted by atomic mass is 9.92. The molecule has 0 saturated heterocycles. The van der Waals surface area contributed by atoms with Gasteiger partial charge in [0.1, 0.15) is 17.4 Å². The summed E-state index contributed by atoms with van der Waals surface area (Å²) in [6.45, 7) is 3.92. The van der Waals surface area contributed by atoms with Gasteiger partial charge in [-0.3, -0.25) is 4.79 Å². The van der Waals surface area contributed by atoms with Crippen LogP contribution in [0.25, 0.3) is 11.0 Å². The smallest absolute Gasteiger partial charge is 0.336 e. The van der Waals surface area contributed by atoms with E-state index in [2.05, 4.69) is 6.92 Å². The first-order valence-corrected chi connectivity index (χ1v) is 9.30. The summed E-state index contributed by atoms with van der Waals surface area (Å²) in [7, 11) is 0. The van der Waals surface area contributed by atoms with E-state index in [1.165, 1.54) is 6.07 Å². The first-order chi connectivity index (χ1) is 12.1. The number of hydrogen-bond donors (Lipinski definition) is 0. The van der Waals surface area contributed by atoms with Crippen LogP contribution >= 0.6 is 11.3 Å². The van der Waals surface area contributed by atoms with Gasteiger partial charge in [0.05, 0.1) is 17.4 Å². The summed E-state index contributed by atoms with van der Waals surface area (Å²) in [5.74, 6) is 0.643. The molecule has 0 unspecified atom stereocenters. The van der Waals surface area contributed by atoms with Crippen molar-refractivity contribution < 1.29 is 13.9 Å². The number of carbonyl (C=O) groups is 1. The van der Waals surface area contributed by atoms with Crippen LogP contribution in [0, 0.1) is 6.92 Å². The van der Waals surface area contributed by atoms with E-state index in [0.29, 0.717) is 23.3 Å². The summed E-state index contributed by atoms with van der Waals surface area (Å²) in [6, 6.07) is 7.24. The molecule has 0 aliphatic carbocycles. The SMILES string of the molecule is CCCc1cc(=O)oc2cc(C)c3c(c12)O[C@H](c1cccs1)CC3=O. The molecule has 1 atom stereocenters. The molecule has 4 nitrogen and oxygen atoms in total. The van der Waals surface area contributed by atoms with Crippen LogP contribution in [0.5, 0.6) is 5.75 Å². The van der Waals surface area contributed by atoms with Crippen LogP contribution in [0.1, 0.15) is 52.2 Å². The van der Waals surface area contributed by atoms with E-state index in [4.69, 9.17) is 9.15 Å². The van der Waals surface area contributed by atoms with Gasteiger partial charge in [-0.2, -0.15) is 0 Å². The minimum Gasteiger partial charge on any atom is -0.483 e. The van der Waals surface area contributed by atoms with Crippen LogP contribution in [-0.4, -0.2) is 5.78 Å². The van der Waals surface area contributed by atoms with Crippen molar-refractivity contribution in [3.8, 4) is 5.75 Å². The van der Waals surface area contributed by atoms with Crippen molar-refractivity contribution in [1.82, 2.24) is 0 Å². The van der Waals surface area contributed by atoms with Crippen LogP contribution in [0.2, 0.25) is 0 Å². The molecular weight excluding hydrogens is 336 g/mol. The summed E-state index contributed by atoms with van der Waals surface area (Å²) >= 11 is 1.58. The maximum atomic E-state index is 12.8. The largest absolute Gasteiger partial charge is 0.483 e. The second-order valence-corrected chi connectivity index (χ2v) is 7.34. The molecule has 25 heavy (non-hydrogen) atoms. The number of ketones is 1. The van der Waals surface area contributed by atoms with Crippen LogP contribution in [0.4, 0.5) is 0 Å². The Kier molecular flexibility index (Phi) is 3.96. The molecule has 0 spiro atoms. The van der Waals surface area contributed by atoms with Crippen molar-refractivity contribution >= 4 is 28.1 Å². The van der Waals surface area contributed by atoms with Crippen molar-refractivity contribution in [2.24, 2.45) is 0 Å². The zero-order valence-corrected chi connectivity index (χ0v) is 14.9. The van der Waals surface area contributed by atoms with Crippen LogP contribution in [0.15, 0.2) is 38.9 Å². The molecule has 3 aromatic rings. The Hall–Kier alpha value is -2.40. The Bertz CT molecular complexity index is 1010. The number of carbonyl (C=O) groups excluding carboxylic acids is 1. The molecule has 0 bridgehead atoms. The number of Topliss-reactive ketones (excluding diaryl/α,β-unsaturated/α-hetero) is 1. The topological polar surface area (TPSA) is 56.5 Å². The van der Waals surface area contributed by atoms with Crippen LogP contribution in [-0.2, 0) is 6.42 Å². The van der Waals surface area contributed by atoms with Gasteiger partial charge in [0.25, 0.3) is 0 Å². The zero-order valence-electron chi connectivity index (χ0n) is 14.1. The van der Waals surface area contributed by atoms with Gasteiger partial charge < -0.3 is 9.15 Å². The first kappa shape index (κ1) is 16.1. The first-order valence-electron chi connectivity index (χ1n) is 8.42. The highest BCUT2D eigenvalue weighted by atomic mass is 32.1. The summed E-state index contributed by atoms with van der Waals surface area (Å²) in [5, 5.41) is 2.74. The molecule has 0 amide bonds. The van der Waals surface area contributed by atoms with Crippen molar-refractivity contribution in [3.05, 3.63) is 61.6 Å². The fourth-order valence-corrected chi connectivity index (χ4v) is 4.27. The van der Waals surface area contributed by atoms with Gasteiger partial charge in [-0.1, -0.05) is 19.4 Å². The van der Waals surface area contributed by atoms with E-state index in [0.717, 1.165) is 34.2 Å². The van der Waals surface area contributed by atoms with E-state index in [1.54, 1.807) is 17.4 Å². The molecule has 0 radical (unpaired) electrons. The molecule has 1 aromatic carbocycles. The molecule has 1 aliphatic heterocycles. The number of rotatable bonds is 3. The van der Waals surface area contributed by atoms with Gasteiger partial charge in [0.2, 0.25) is 0 Å². The summed E-state index contributed by atoms with van der Waals surface area (Å²) in [5.41, 5.74) is 2.41. The van der Waals surface area contributed by atoms with Crippen LogP contribution in [0.3, 0.4) is 0 Å². The van der Waals surface area contributed by atoms with Gasteiger partial charge in [-0.25, -0.2) is 4.79 Å². The van der Waals surface area contributed by atoms with Gasteiger partial charge >= 0.3 is 5.63 Å². The van der Waals surface area contributed by atoms with Gasteiger partial charge in [0.15, 0.2) is 5.78 Å². The lowest BCUT2D eigenvalue weighted by Crippen LogP contribution is -2.21. The highest BCUT2D eigenvalue weighted by Crippen LogP contribution is 2.43. The predicted octanol–water partition coefficient (Wildman–Crippen LogP) is 4.82. The molecule has 128 valence electrons. The second kappa shape index (κ2) is 6.15. The van der Waals surface area contributed by atoms with Gasteiger partial charge in [0, 0.05) is 10.9 Å².